The van der Waals surface area contributed by atoms with Gasteiger partial charge in [0, 0.05) is 12.8 Å². The second kappa shape index (κ2) is 42.3. The summed E-state index contributed by atoms with van der Waals surface area (Å²) in [5, 5.41) is 38.4. The lowest BCUT2D eigenvalue weighted by Crippen LogP contribution is -2.29. The minimum Gasteiger partial charge on any atom is -0.462 e. The minimum absolute atomic E-state index is 0.0531. The molecule has 0 aliphatic heterocycles. The van der Waals surface area contributed by atoms with E-state index >= 15 is 0 Å². The van der Waals surface area contributed by atoms with Gasteiger partial charge < -0.3 is 34.8 Å². The lowest BCUT2D eigenvalue weighted by Gasteiger charge is -2.20. The first-order valence-electron chi connectivity index (χ1n) is 23.5. The van der Waals surface area contributed by atoms with Crippen LogP contribution in [0.4, 0.5) is 0 Å². The van der Waals surface area contributed by atoms with Crippen molar-refractivity contribution >= 4 is 19.8 Å². The third-order valence-corrected chi connectivity index (χ3v) is 10.7. The van der Waals surface area contributed by atoms with Gasteiger partial charge in [-0.1, -0.05) is 190 Å². The number of hydrogen-bond acceptors (Lipinski definition) is 11. The summed E-state index contributed by atoms with van der Waals surface area (Å²) in [4.78, 5) is 35.1. The fraction of sp³-hybridized carbons (Fsp3) is 0.714. The predicted molar refractivity (Wildman–Crippen MR) is 249 cm³/mol. The number of carbonyl (C=O) groups excluding carboxylic acids is 2. The van der Waals surface area contributed by atoms with Gasteiger partial charge in [0.15, 0.2) is 6.10 Å². The van der Waals surface area contributed by atoms with Crippen LogP contribution in [0.5, 0.6) is 0 Å². The van der Waals surface area contributed by atoms with E-state index < -0.39 is 70.6 Å². The highest BCUT2D eigenvalue weighted by Crippen LogP contribution is 2.43. The number of esters is 2. The molecule has 0 bridgehead atoms. The topological polar surface area (TPSA) is 189 Å². The van der Waals surface area contributed by atoms with Gasteiger partial charge in [-0.05, 0) is 44.4 Å². The molecular formula is C49H85O12P. The largest absolute Gasteiger partial charge is 0.472 e. The van der Waals surface area contributed by atoms with E-state index in [1.54, 1.807) is 30.4 Å². The van der Waals surface area contributed by atoms with Crippen LogP contribution in [0, 0.1) is 5.92 Å². The maximum atomic E-state index is 12.7. The molecule has 0 saturated heterocycles. The molecule has 1 unspecified atom stereocenters. The molecule has 0 aromatic carbocycles. The molecule has 0 fully saturated rings. The summed E-state index contributed by atoms with van der Waals surface area (Å²) in [7, 11) is -4.67. The summed E-state index contributed by atoms with van der Waals surface area (Å²) >= 11 is 0. The van der Waals surface area contributed by atoms with Crippen LogP contribution < -0.4 is 0 Å². The van der Waals surface area contributed by atoms with E-state index in [0.29, 0.717) is 32.1 Å². The van der Waals surface area contributed by atoms with Gasteiger partial charge in [-0.25, -0.2) is 4.57 Å². The van der Waals surface area contributed by atoms with Crippen LogP contribution in [0.3, 0.4) is 0 Å². The Morgan fingerprint density at radius 3 is 1.74 bits per heavy atom. The highest BCUT2D eigenvalue weighted by Gasteiger charge is 2.27. The first kappa shape index (κ1) is 59.3. The van der Waals surface area contributed by atoms with Gasteiger partial charge in [0.2, 0.25) is 0 Å². The average molecular weight is 897 g/mol. The molecule has 0 aliphatic rings. The first-order chi connectivity index (χ1) is 29.9. The number of hydrogen-bond donors (Lipinski definition) is 5. The molecule has 12 nitrogen and oxygen atoms in total. The number of unbranched alkanes of at least 4 members (excludes halogenated alkanes) is 15. The highest BCUT2D eigenvalue weighted by atomic mass is 31.2. The number of allylic oxidation sites excluding steroid dienone is 8. The van der Waals surface area contributed by atoms with Crippen molar-refractivity contribution < 1.29 is 58.0 Å². The number of aliphatic hydroxyl groups is 4. The number of phosphoric ester groups is 1. The van der Waals surface area contributed by atoms with E-state index in [-0.39, 0.29) is 12.8 Å². The molecular weight excluding hydrogens is 812 g/mol. The summed E-state index contributed by atoms with van der Waals surface area (Å²) in [6.07, 6.45) is 40.9. The van der Waals surface area contributed by atoms with E-state index in [0.717, 1.165) is 31.6 Å². The smallest absolute Gasteiger partial charge is 0.462 e. The van der Waals surface area contributed by atoms with E-state index in [4.69, 9.17) is 19.1 Å². The van der Waals surface area contributed by atoms with E-state index in [2.05, 4.69) is 18.4 Å². The maximum Gasteiger partial charge on any atom is 0.472 e. The predicted octanol–water partition coefficient (Wildman–Crippen LogP) is 10.6. The van der Waals surface area contributed by atoms with Crippen molar-refractivity contribution in [1.29, 1.82) is 0 Å². The molecule has 0 saturated carbocycles. The number of aliphatic hydroxyl groups excluding tert-OH is 4. The van der Waals surface area contributed by atoms with Gasteiger partial charge in [-0.3, -0.25) is 18.6 Å². The van der Waals surface area contributed by atoms with Gasteiger partial charge in [-0.2, -0.15) is 0 Å². The van der Waals surface area contributed by atoms with E-state index in [1.807, 2.05) is 49.5 Å². The standard InChI is InChI=1S/C49H85O12P/c1-4-5-25-33-44(51)34-27-21-17-15-18-22-28-35-45(52)36-29-24-31-37-48(54)58-41-47(42-60-62(56,57)59-40-46(53)39-50)61-49(55)38-30-23-19-14-12-10-8-6-7-9-11-13-16-20-26-32-43(2)3/h5,17-18,21-22,25,27-29,34-36,43-47,50-53H,4,6-16,19-20,23-24,26,30-33,37-42H2,1-3H3,(H,56,57)/b21-17-,22-18-,25-5-,34-27+,35-28+,36-29-/t44-,45-,46+,47-/m1/s1. The monoisotopic (exact) mass is 897 g/mol. The molecule has 5 atom stereocenters. The van der Waals surface area contributed by atoms with Crippen molar-refractivity contribution in [2.75, 3.05) is 26.4 Å². The zero-order chi connectivity index (χ0) is 45.9. The van der Waals surface area contributed by atoms with Crippen molar-refractivity contribution in [3.8, 4) is 0 Å². The second-order valence-corrected chi connectivity index (χ2v) is 17.7. The summed E-state index contributed by atoms with van der Waals surface area (Å²) in [6.45, 7) is 4.31. The fourth-order valence-electron chi connectivity index (χ4n) is 6.09. The number of ether oxygens (including phenoxy) is 2. The summed E-state index contributed by atoms with van der Waals surface area (Å²) < 4.78 is 32.6. The van der Waals surface area contributed by atoms with Crippen LogP contribution in [0.15, 0.2) is 72.9 Å². The van der Waals surface area contributed by atoms with Crippen molar-refractivity contribution in [1.82, 2.24) is 0 Å². The van der Waals surface area contributed by atoms with Crippen molar-refractivity contribution in [3.05, 3.63) is 72.9 Å². The Bertz CT molecular complexity index is 1310. The molecule has 13 heteroatoms. The maximum absolute atomic E-state index is 12.7. The average Bonchev–Trinajstić information content (AvgIpc) is 3.24. The minimum atomic E-state index is -4.67. The van der Waals surface area contributed by atoms with Gasteiger partial charge in [-0.15, -0.1) is 0 Å². The Morgan fingerprint density at radius 1 is 0.613 bits per heavy atom. The molecule has 0 spiro atoms. The lowest BCUT2D eigenvalue weighted by atomic mass is 10.0. The van der Waals surface area contributed by atoms with Crippen molar-refractivity contribution in [2.45, 2.75) is 193 Å². The van der Waals surface area contributed by atoms with Gasteiger partial charge in [0.05, 0.1) is 32.0 Å². The Hall–Kier alpha value is -2.67. The second-order valence-electron chi connectivity index (χ2n) is 16.3. The Balaban J connectivity index is 4.48. The Kier molecular flexibility index (Phi) is 40.5. The molecule has 5 N–H and O–H groups in total. The summed E-state index contributed by atoms with van der Waals surface area (Å²) in [5.41, 5.74) is 0. The third-order valence-electron chi connectivity index (χ3n) is 9.73. The van der Waals surface area contributed by atoms with Crippen LogP contribution in [0.2, 0.25) is 0 Å². The molecule has 0 radical (unpaired) electrons. The normalized spacial score (nSPS) is 15.5. The molecule has 0 aliphatic carbocycles. The van der Waals surface area contributed by atoms with Gasteiger partial charge >= 0.3 is 19.8 Å². The van der Waals surface area contributed by atoms with Crippen molar-refractivity contribution in [3.63, 3.8) is 0 Å². The molecule has 0 aromatic heterocycles. The highest BCUT2D eigenvalue weighted by molar-refractivity contribution is 7.47. The van der Waals surface area contributed by atoms with Crippen LogP contribution in [0.25, 0.3) is 0 Å². The van der Waals surface area contributed by atoms with Gasteiger partial charge in [0.25, 0.3) is 0 Å². The number of phosphoric acid groups is 1. The van der Waals surface area contributed by atoms with E-state index in [1.165, 1.54) is 77.0 Å². The number of carbonyl (C=O) groups is 2. The molecule has 0 aromatic rings. The van der Waals surface area contributed by atoms with Crippen LogP contribution >= 0.6 is 7.82 Å². The van der Waals surface area contributed by atoms with Crippen LogP contribution in [-0.2, 0) is 32.7 Å². The Labute approximate surface area is 374 Å². The van der Waals surface area contributed by atoms with Crippen LogP contribution in [0.1, 0.15) is 168 Å². The van der Waals surface area contributed by atoms with Crippen molar-refractivity contribution in [2.24, 2.45) is 5.92 Å². The summed E-state index contributed by atoms with van der Waals surface area (Å²) in [6, 6.07) is 0. The molecule has 0 amide bonds. The SMILES string of the molecule is CC/C=C\C[C@@H](O)/C=C/C=C\C/C=C\C=C\[C@@H](O)/C=C\CCCC(=O)OC[C@H](COP(=O)(O)OC[C@@H](O)CO)OC(=O)CCCCCCCCCCCCCCCCCC(C)C. The zero-order valence-corrected chi connectivity index (χ0v) is 39.3. The third kappa shape index (κ3) is 42.6. The summed E-state index contributed by atoms with van der Waals surface area (Å²) in [5.74, 6) is -0.293. The van der Waals surface area contributed by atoms with Crippen LogP contribution in [-0.4, -0.2) is 88.1 Å². The Morgan fingerprint density at radius 2 is 1.16 bits per heavy atom. The lowest BCUT2D eigenvalue weighted by molar-refractivity contribution is -0.161. The fourth-order valence-corrected chi connectivity index (χ4v) is 6.88. The molecule has 0 rings (SSSR count). The number of rotatable bonds is 42. The van der Waals surface area contributed by atoms with E-state index in [9.17, 15) is 34.4 Å². The van der Waals surface area contributed by atoms with Gasteiger partial charge in [0.1, 0.15) is 12.7 Å². The first-order valence-corrected chi connectivity index (χ1v) is 25.0. The molecule has 358 valence electrons. The zero-order valence-electron chi connectivity index (χ0n) is 38.4. The molecule has 62 heavy (non-hydrogen) atoms. The molecule has 0 heterocycles. The quantitative estimate of drug-likeness (QED) is 0.0128.